The number of hydrogen-bond acceptors (Lipinski definition) is 2. The van der Waals surface area contributed by atoms with Gasteiger partial charge in [-0.3, -0.25) is 0 Å². The molecule has 1 atom stereocenters. The molecule has 1 aliphatic heterocycles. The largest absolute Gasteiger partial charge is 0.497 e. The second-order valence-corrected chi connectivity index (χ2v) is 3.95. The van der Waals surface area contributed by atoms with Crippen LogP contribution in [0.15, 0.2) is 18.2 Å². The van der Waals surface area contributed by atoms with E-state index < -0.39 is 0 Å². The first-order valence-electron chi connectivity index (χ1n) is 4.23. The molecule has 0 fully saturated rings. The van der Waals surface area contributed by atoms with Gasteiger partial charge in [0.15, 0.2) is 0 Å². The highest BCUT2D eigenvalue weighted by Gasteiger charge is 2.21. The Balaban J connectivity index is 2.25. The molecule has 70 valence electrons. The molecule has 2 rings (SSSR count). The lowest BCUT2D eigenvalue weighted by Gasteiger charge is -2.04. The van der Waals surface area contributed by atoms with E-state index in [4.69, 9.17) is 9.47 Å². The van der Waals surface area contributed by atoms with E-state index in [1.54, 1.807) is 7.11 Å². The average molecular weight is 290 g/mol. The van der Waals surface area contributed by atoms with Gasteiger partial charge < -0.3 is 9.47 Å². The number of ether oxygens (including phenoxy) is 2. The van der Waals surface area contributed by atoms with Crippen molar-refractivity contribution < 1.29 is 9.47 Å². The van der Waals surface area contributed by atoms with Crippen LogP contribution in [0, 0.1) is 0 Å². The van der Waals surface area contributed by atoms with Crippen LogP contribution in [0.1, 0.15) is 5.56 Å². The number of rotatable bonds is 2. The summed E-state index contributed by atoms with van der Waals surface area (Å²) < 4.78 is 11.9. The van der Waals surface area contributed by atoms with Crippen molar-refractivity contribution in [2.75, 3.05) is 11.5 Å². The van der Waals surface area contributed by atoms with Crippen LogP contribution in [-0.2, 0) is 6.42 Å². The van der Waals surface area contributed by atoms with Gasteiger partial charge in [-0.25, -0.2) is 0 Å². The molecule has 1 heterocycles. The second kappa shape index (κ2) is 3.74. The maximum Gasteiger partial charge on any atom is 0.123 e. The Morgan fingerprint density at radius 3 is 3.15 bits per heavy atom. The van der Waals surface area contributed by atoms with Gasteiger partial charge in [-0.15, -0.1) is 0 Å². The molecule has 3 heteroatoms. The maximum atomic E-state index is 5.69. The van der Waals surface area contributed by atoms with Crippen molar-refractivity contribution >= 4 is 22.6 Å². The van der Waals surface area contributed by atoms with Crippen molar-refractivity contribution in [2.24, 2.45) is 0 Å². The molecule has 1 aromatic rings. The molecule has 1 aliphatic rings. The summed E-state index contributed by atoms with van der Waals surface area (Å²) in [6.07, 6.45) is 1.36. The number of methoxy groups -OCH3 is 1. The van der Waals surface area contributed by atoms with Crippen LogP contribution in [0.5, 0.6) is 11.5 Å². The zero-order valence-corrected chi connectivity index (χ0v) is 9.58. The Bertz CT molecular complexity index is 312. The smallest absolute Gasteiger partial charge is 0.123 e. The molecule has 0 radical (unpaired) electrons. The summed E-state index contributed by atoms with van der Waals surface area (Å²) in [5, 5.41) is 0. The standard InChI is InChI=1S/C10H11IO2/c1-12-8-2-3-10-7(4-8)5-9(6-11)13-10/h2-4,9H,5-6H2,1H3/t9-/m0/s1. The molecule has 1 aromatic carbocycles. The van der Waals surface area contributed by atoms with Gasteiger partial charge >= 0.3 is 0 Å². The lowest BCUT2D eigenvalue weighted by molar-refractivity contribution is 0.262. The van der Waals surface area contributed by atoms with E-state index in [1.165, 1.54) is 5.56 Å². The lowest BCUT2D eigenvalue weighted by atomic mass is 10.1. The van der Waals surface area contributed by atoms with E-state index >= 15 is 0 Å². The lowest BCUT2D eigenvalue weighted by Crippen LogP contribution is -2.13. The van der Waals surface area contributed by atoms with Gasteiger partial charge in [-0.2, -0.15) is 0 Å². The predicted molar refractivity (Wildman–Crippen MR) is 60.0 cm³/mol. The molecule has 0 aliphatic carbocycles. The summed E-state index contributed by atoms with van der Waals surface area (Å²) in [4.78, 5) is 0. The first-order valence-corrected chi connectivity index (χ1v) is 5.75. The number of benzene rings is 1. The van der Waals surface area contributed by atoms with Crippen molar-refractivity contribution in [1.82, 2.24) is 0 Å². The van der Waals surface area contributed by atoms with E-state index in [1.807, 2.05) is 12.1 Å². The number of alkyl halides is 1. The number of hydrogen-bond donors (Lipinski definition) is 0. The van der Waals surface area contributed by atoms with Crippen molar-refractivity contribution in [3.8, 4) is 11.5 Å². The highest BCUT2D eigenvalue weighted by Crippen LogP contribution is 2.32. The Labute approximate surface area is 91.4 Å². The van der Waals surface area contributed by atoms with Crippen LogP contribution < -0.4 is 9.47 Å². The van der Waals surface area contributed by atoms with E-state index in [9.17, 15) is 0 Å². The van der Waals surface area contributed by atoms with Gasteiger partial charge in [0.05, 0.1) is 7.11 Å². The third kappa shape index (κ3) is 1.75. The summed E-state index contributed by atoms with van der Waals surface area (Å²) in [7, 11) is 1.69. The third-order valence-corrected chi connectivity index (χ3v) is 3.16. The molecule has 0 aromatic heterocycles. The molecule has 0 amide bonds. The summed E-state index contributed by atoms with van der Waals surface area (Å²) in [6, 6.07) is 5.98. The SMILES string of the molecule is COc1ccc2c(c1)C[C@@H](CI)O2. The highest BCUT2D eigenvalue weighted by atomic mass is 127. The van der Waals surface area contributed by atoms with Gasteiger partial charge in [0, 0.05) is 16.4 Å². The zero-order chi connectivity index (χ0) is 9.26. The van der Waals surface area contributed by atoms with Crippen molar-refractivity contribution in [3.63, 3.8) is 0 Å². The van der Waals surface area contributed by atoms with Crippen LogP contribution in [0.3, 0.4) is 0 Å². The Morgan fingerprint density at radius 1 is 1.62 bits per heavy atom. The van der Waals surface area contributed by atoms with E-state index in [0.717, 1.165) is 22.3 Å². The van der Waals surface area contributed by atoms with E-state index in [-0.39, 0.29) is 0 Å². The molecule has 0 spiro atoms. The summed E-state index contributed by atoms with van der Waals surface area (Å²) >= 11 is 2.35. The van der Waals surface area contributed by atoms with Crippen LogP contribution in [0.2, 0.25) is 0 Å². The minimum absolute atomic E-state index is 0.350. The van der Waals surface area contributed by atoms with Crippen molar-refractivity contribution in [3.05, 3.63) is 23.8 Å². The fraction of sp³-hybridized carbons (Fsp3) is 0.400. The highest BCUT2D eigenvalue weighted by molar-refractivity contribution is 14.1. The summed E-state index contributed by atoms with van der Waals surface area (Å²) in [6.45, 7) is 0. The van der Waals surface area contributed by atoms with E-state index in [2.05, 4.69) is 28.7 Å². The number of fused-ring (bicyclic) bond motifs is 1. The molecular weight excluding hydrogens is 279 g/mol. The van der Waals surface area contributed by atoms with Gasteiger partial charge in [-0.1, -0.05) is 22.6 Å². The predicted octanol–water partition coefficient (Wildman–Crippen LogP) is 2.43. The van der Waals surface area contributed by atoms with E-state index in [0.29, 0.717) is 6.10 Å². The molecule has 0 saturated heterocycles. The van der Waals surface area contributed by atoms with Crippen LogP contribution in [0.4, 0.5) is 0 Å². The fourth-order valence-corrected chi connectivity index (χ4v) is 2.00. The topological polar surface area (TPSA) is 18.5 Å². The minimum atomic E-state index is 0.350. The van der Waals surface area contributed by atoms with Crippen LogP contribution in [0.25, 0.3) is 0 Å². The van der Waals surface area contributed by atoms with Crippen LogP contribution in [-0.4, -0.2) is 17.6 Å². The maximum absolute atomic E-state index is 5.69. The van der Waals surface area contributed by atoms with Gasteiger partial charge in [0.2, 0.25) is 0 Å². The summed E-state index contributed by atoms with van der Waals surface area (Å²) in [5.41, 5.74) is 1.26. The average Bonchev–Trinajstić information content (AvgIpc) is 2.58. The zero-order valence-electron chi connectivity index (χ0n) is 7.42. The minimum Gasteiger partial charge on any atom is -0.497 e. The van der Waals surface area contributed by atoms with Crippen molar-refractivity contribution in [2.45, 2.75) is 12.5 Å². The van der Waals surface area contributed by atoms with Gasteiger partial charge in [0.1, 0.15) is 17.6 Å². The molecular formula is C10H11IO2. The fourth-order valence-electron chi connectivity index (χ4n) is 1.51. The third-order valence-electron chi connectivity index (χ3n) is 2.18. The quantitative estimate of drug-likeness (QED) is 0.615. The first-order chi connectivity index (χ1) is 6.33. The van der Waals surface area contributed by atoms with Crippen molar-refractivity contribution in [1.29, 1.82) is 0 Å². The normalized spacial score (nSPS) is 19.4. The molecule has 13 heavy (non-hydrogen) atoms. The molecule has 2 nitrogen and oxygen atoms in total. The second-order valence-electron chi connectivity index (χ2n) is 3.07. The monoisotopic (exact) mass is 290 g/mol. The molecule has 0 bridgehead atoms. The first kappa shape index (κ1) is 9.12. The summed E-state index contributed by atoms with van der Waals surface area (Å²) in [5.74, 6) is 1.93. The molecule has 0 unspecified atom stereocenters. The van der Waals surface area contributed by atoms with Gasteiger partial charge in [0.25, 0.3) is 0 Å². The number of halogens is 1. The Kier molecular flexibility index (Phi) is 2.62. The molecule has 0 saturated carbocycles. The molecule has 0 N–H and O–H groups in total. The Hall–Kier alpha value is -0.450. The Morgan fingerprint density at radius 2 is 2.46 bits per heavy atom. The van der Waals surface area contributed by atoms with Crippen LogP contribution >= 0.6 is 22.6 Å². The van der Waals surface area contributed by atoms with Gasteiger partial charge in [-0.05, 0) is 18.2 Å².